The molecule has 1 saturated heterocycles. The van der Waals surface area contributed by atoms with E-state index >= 15 is 0 Å². The van der Waals surface area contributed by atoms with Gasteiger partial charge >= 0.3 is 5.97 Å². The Morgan fingerprint density at radius 1 is 1.39 bits per heavy atom. The van der Waals surface area contributed by atoms with Crippen LogP contribution < -0.4 is 0 Å². The van der Waals surface area contributed by atoms with Gasteiger partial charge in [0.25, 0.3) is 5.91 Å². The second-order valence-corrected chi connectivity index (χ2v) is 6.61. The molecule has 2 rings (SSSR count). The van der Waals surface area contributed by atoms with Gasteiger partial charge in [0.2, 0.25) is 0 Å². The van der Waals surface area contributed by atoms with Crippen molar-refractivity contribution in [3.05, 3.63) is 41.2 Å². The fourth-order valence-corrected chi connectivity index (χ4v) is 3.31. The average Bonchev–Trinajstić information content (AvgIpc) is 3.10. The van der Waals surface area contributed by atoms with Crippen molar-refractivity contribution in [1.29, 1.82) is 0 Å². The van der Waals surface area contributed by atoms with Gasteiger partial charge in [-0.15, -0.1) is 0 Å². The molecule has 1 fully saturated rings. The zero-order valence-electron chi connectivity index (χ0n) is 12.4. The molecular weight excluding hydrogens is 334 g/mol. The van der Waals surface area contributed by atoms with E-state index in [1.165, 1.54) is 11.8 Å². The number of furan rings is 1. The van der Waals surface area contributed by atoms with Gasteiger partial charge in [0.05, 0.1) is 11.2 Å². The van der Waals surface area contributed by atoms with Crippen molar-refractivity contribution in [2.24, 2.45) is 0 Å². The van der Waals surface area contributed by atoms with Crippen LogP contribution in [0.4, 0.5) is 0 Å². The highest BCUT2D eigenvalue weighted by Crippen LogP contribution is 2.31. The van der Waals surface area contributed by atoms with E-state index in [4.69, 9.17) is 21.7 Å². The molecule has 0 aromatic carbocycles. The van der Waals surface area contributed by atoms with Crippen molar-refractivity contribution in [1.82, 2.24) is 4.90 Å². The van der Waals surface area contributed by atoms with Crippen LogP contribution in [0.25, 0.3) is 6.08 Å². The number of carboxylic acids is 1. The molecule has 1 aromatic rings. The number of carbonyl (C=O) groups is 2. The summed E-state index contributed by atoms with van der Waals surface area (Å²) in [6, 6.07) is 3.62. The molecule has 23 heavy (non-hydrogen) atoms. The smallest absolute Gasteiger partial charge is 0.303 e. The van der Waals surface area contributed by atoms with Crippen LogP contribution in [0.15, 0.2) is 39.9 Å². The first kappa shape index (κ1) is 17.5. The largest absolute Gasteiger partial charge is 0.481 e. The molecule has 2 heterocycles. The lowest BCUT2D eigenvalue weighted by Gasteiger charge is -2.13. The molecule has 1 aliphatic rings. The Kier molecular flexibility index (Phi) is 6.61. The van der Waals surface area contributed by atoms with Crippen LogP contribution in [-0.2, 0) is 9.59 Å². The van der Waals surface area contributed by atoms with Gasteiger partial charge in [0.15, 0.2) is 0 Å². The van der Waals surface area contributed by atoms with Gasteiger partial charge in [-0.1, -0.05) is 36.5 Å². The Balaban J connectivity index is 1.83. The summed E-state index contributed by atoms with van der Waals surface area (Å²) < 4.78 is 5.72. The van der Waals surface area contributed by atoms with Crippen LogP contribution in [0, 0.1) is 0 Å². The fourth-order valence-electron chi connectivity index (χ4n) is 2.05. The fraction of sp³-hybridized carbons (Fsp3) is 0.312. The summed E-state index contributed by atoms with van der Waals surface area (Å²) in [6.45, 7) is 0.531. The number of amides is 1. The molecule has 1 aromatic heterocycles. The molecule has 0 atom stereocenters. The van der Waals surface area contributed by atoms with Crippen LogP contribution in [-0.4, -0.2) is 32.7 Å². The highest BCUT2D eigenvalue weighted by atomic mass is 32.2. The van der Waals surface area contributed by atoms with Crippen LogP contribution >= 0.6 is 24.0 Å². The molecule has 5 nitrogen and oxygen atoms in total. The van der Waals surface area contributed by atoms with Crippen molar-refractivity contribution in [3.63, 3.8) is 0 Å². The first-order valence-electron chi connectivity index (χ1n) is 7.25. The molecule has 0 saturated carbocycles. The Hall–Kier alpha value is -1.86. The number of carboxylic acid groups (broad SMARTS) is 1. The van der Waals surface area contributed by atoms with Gasteiger partial charge in [-0.05, 0) is 37.1 Å². The van der Waals surface area contributed by atoms with E-state index in [-0.39, 0.29) is 12.3 Å². The molecule has 7 heteroatoms. The van der Waals surface area contributed by atoms with Crippen molar-refractivity contribution in [3.8, 4) is 0 Å². The monoisotopic (exact) mass is 351 g/mol. The number of unbranched alkanes of at least 4 members (excludes halogenated alkanes) is 2. The molecule has 1 amide bonds. The number of thioether (sulfide) groups is 1. The number of thiocarbonyl (C=S) groups is 1. The number of hydrogen-bond donors (Lipinski definition) is 1. The summed E-state index contributed by atoms with van der Waals surface area (Å²) in [4.78, 5) is 24.9. The molecule has 1 aliphatic heterocycles. The zero-order valence-corrected chi connectivity index (χ0v) is 14.1. The summed E-state index contributed by atoms with van der Waals surface area (Å²) in [6.07, 6.45) is 9.14. The summed E-state index contributed by atoms with van der Waals surface area (Å²) >= 11 is 6.52. The first-order chi connectivity index (χ1) is 11.1. The number of allylic oxidation sites excluding steroid dienone is 2. The predicted molar refractivity (Wildman–Crippen MR) is 93.8 cm³/mol. The highest BCUT2D eigenvalue weighted by Gasteiger charge is 2.30. The van der Waals surface area contributed by atoms with Crippen LogP contribution in [0.1, 0.15) is 31.4 Å². The lowest BCUT2D eigenvalue weighted by atomic mass is 10.2. The third kappa shape index (κ3) is 5.37. The second kappa shape index (κ2) is 8.69. The van der Waals surface area contributed by atoms with Crippen LogP contribution in [0.2, 0.25) is 0 Å². The predicted octanol–water partition coefficient (Wildman–Crippen LogP) is 3.68. The minimum atomic E-state index is -0.790. The quantitative estimate of drug-likeness (QED) is 0.438. The van der Waals surface area contributed by atoms with Gasteiger partial charge < -0.3 is 9.52 Å². The molecule has 1 N–H and O–H groups in total. The summed E-state index contributed by atoms with van der Waals surface area (Å²) in [5, 5.41) is 8.58. The zero-order chi connectivity index (χ0) is 16.7. The minimum absolute atomic E-state index is 0.0951. The highest BCUT2D eigenvalue weighted by molar-refractivity contribution is 8.26. The summed E-state index contributed by atoms with van der Waals surface area (Å²) in [7, 11) is 0. The normalized spacial score (nSPS) is 16.9. The maximum Gasteiger partial charge on any atom is 0.303 e. The van der Waals surface area contributed by atoms with Gasteiger partial charge in [0.1, 0.15) is 10.1 Å². The third-order valence-electron chi connectivity index (χ3n) is 3.20. The lowest BCUT2D eigenvalue weighted by molar-refractivity contribution is -0.137. The first-order valence-corrected chi connectivity index (χ1v) is 8.48. The topological polar surface area (TPSA) is 70.8 Å². The number of hydrogen-bond acceptors (Lipinski definition) is 5. The van der Waals surface area contributed by atoms with Crippen LogP contribution in [0.5, 0.6) is 0 Å². The number of aliphatic carboxylic acids is 1. The second-order valence-electron chi connectivity index (χ2n) is 4.93. The van der Waals surface area contributed by atoms with E-state index in [0.29, 0.717) is 22.2 Å². The number of rotatable bonds is 8. The van der Waals surface area contributed by atoms with E-state index in [9.17, 15) is 9.59 Å². The maximum atomic E-state index is 12.3. The number of carbonyl (C=O) groups excluding carboxylic acids is 1. The summed E-state index contributed by atoms with van der Waals surface area (Å²) in [5.74, 6) is -0.167. The molecule has 0 unspecified atom stereocenters. The standard InChI is InChI=1S/C16H17NO4S2/c18-14(19)9-2-1-3-10-17-15(20)13(23-16(17)22)8-4-6-12-7-5-11-21-12/h4-8,11H,1-3,9-10H2,(H,18,19)/b6-4+,13-8-. The van der Waals surface area contributed by atoms with Crippen molar-refractivity contribution in [2.75, 3.05) is 6.54 Å². The Labute approximate surface area is 144 Å². The van der Waals surface area contributed by atoms with Crippen molar-refractivity contribution < 1.29 is 19.1 Å². The average molecular weight is 351 g/mol. The third-order valence-corrected chi connectivity index (χ3v) is 4.59. The molecule has 0 spiro atoms. The molecule has 0 radical (unpaired) electrons. The molecule has 0 aliphatic carbocycles. The van der Waals surface area contributed by atoms with Gasteiger partial charge in [-0.2, -0.15) is 0 Å². The molecule has 122 valence electrons. The van der Waals surface area contributed by atoms with E-state index in [2.05, 4.69) is 0 Å². The van der Waals surface area contributed by atoms with E-state index in [1.807, 2.05) is 6.07 Å². The number of nitrogens with zero attached hydrogens (tertiary/aromatic N) is 1. The minimum Gasteiger partial charge on any atom is -0.481 e. The van der Waals surface area contributed by atoms with E-state index in [0.717, 1.165) is 18.6 Å². The van der Waals surface area contributed by atoms with Gasteiger partial charge in [-0.3, -0.25) is 14.5 Å². The van der Waals surface area contributed by atoms with Gasteiger partial charge in [-0.25, -0.2) is 0 Å². The lowest BCUT2D eigenvalue weighted by Crippen LogP contribution is -2.29. The van der Waals surface area contributed by atoms with Gasteiger partial charge in [0, 0.05) is 13.0 Å². The van der Waals surface area contributed by atoms with Crippen molar-refractivity contribution >= 4 is 46.3 Å². The maximum absolute atomic E-state index is 12.3. The molecule has 0 bridgehead atoms. The Morgan fingerprint density at radius 2 is 2.22 bits per heavy atom. The van der Waals surface area contributed by atoms with E-state index < -0.39 is 5.97 Å². The summed E-state index contributed by atoms with van der Waals surface area (Å²) in [5.41, 5.74) is 0. The van der Waals surface area contributed by atoms with E-state index in [1.54, 1.807) is 35.5 Å². The van der Waals surface area contributed by atoms with Crippen LogP contribution in [0.3, 0.4) is 0 Å². The molecular formula is C16H17NO4S2. The van der Waals surface area contributed by atoms with Crippen molar-refractivity contribution in [2.45, 2.75) is 25.7 Å². The Morgan fingerprint density at radius 3 is 2.91 bits per heavy atom. The SMILES string of the molecule is O=C(O)CCCCCN1C(=O)/C(=C/C=C/c2ccco2)SC1=S. The Bertz CT molecular complexity index is 635.